The molecule has 0 unspecified atom stereocenters. The van der Waals surface area contributed by atoms with E-state index in [1.165, 1.54) is 0 Å². The van der Waals surface area contributed by atoms with E-state index in [0.29, 0.717) is 0 Å². The molecule has 0 aromatic heterocycles. The first-order valence-electron chi connectivity index (χ1n) is 5.54. The first kappa shape index (κ1) is 14.7. The average Bonchev–Trinajstić information content (AvgIpc) is 2.18. The lowest BCUT2D eigenvalue weighted by Gasteiger charge is -2.10. The fraction of sp³-hybridized carbons (Fsp3) is 0.667. The normalized spacial score (nSPS) is 11.1. The van der Waals surface area contributed by atoms with Crippen LogP contribution in [0.25, 0.3) is 0 Å². The van der Waals surface area contributed by atoms with E-state index >= 15 is 0 Å². The van der Waals surface area contributed by atoms with E-state index in [1.807, 2.05) is 13.8 Å². The third-order valence-corrected chi connectivity index (χ3v) is 1.77. The molecule has 0 fully saturated rings. The SMILES string of the molecule is CCOC(=O)C(/C=C/C(C)C)C(=O)OCC. The van der Waals surface area contributed by atoms with Crippen molar-refractivity contribution >= 4 is 11.9 Å². The van der Waals surface area contributed by atoms with Crippen molar-refractivity contribution in [3.05, 3.63) is 12.2 Å². The summed E-state index contributed by atoms with van der Waals surface area (Å²) in [5.41, 5.74) is 0. The van der Waals surface area contributed by atoms with Gasteiger partial charge in [-0.05, 0) is 19.8 Å². The lowest BCUT2D eigenvalue weighted by atomic mass is 10.1. The van der Waals surface area contributed by atoms with E-state index in [9.17, 15) is 9.59 Å². The van der Waals surface area contributed by atoms with Crippen molar-refractivity contribution in [1.29, 1.82) is 0 Å². The van der Waals surface area contributed by atoms with Gasteiger partial charge in [-0.3, -0.25) is 9.59 Å². The van der Waals surface area contributed by atoms with E-state index in [2.05, 4.69) is 0 Å². The Bertz CT molecular complexity index is 238. The second kappa shape index (κ2) is 7.91. The Hall–Kier alpha value is -1.32. The van der Waals surface area contributed by atoms with Crippen LogP contribution in [0, 0.1) is 11.8 Å². The fourth-order valence-electron chi connectivity index (χ4n) is 1.05. The molecule has 0 radical (unpaired) electrons. The second-order valence-electron chi connectivity index (χ2n) is 3.61. The monoisotopic (exact) mass is 228 g/mol. The van der Waals surface area contributed by atoms with Gasteiger partial charge in [-0.25, -0.2) is 0 Å². The molecule has 0 amide bonds. The first-order chi connectivity index (χ1) is 7.52. The van der Waals surface area contributed by atoms with Crippen molar-refractivity contribution < 1.29 is 19.1 Å². The molecule has 0 aliphatic rings. The molecule has 0 saturated heterocycles. The molecule has 0 aromatic carbocycles. The van der Waals surface area contributed by atoms with Crippen LogP contribution >= 0.6 is 0 Å². The highest BCUT2D eigenvalue weighted by Gasteiger charge is 2.26. The summed E-state index contributed by atoms with van der Waals surface area (Å²) >= 11 is 0. The number of carbonyl (C=O) groups excluding carboxylic acids is 2. The quantitative estimate of drug-likeness (QED) is 0.396. The fourth-order valence-corrected chi connectivity index (χ4v) is 1.05. The second-order valence-corrected chi connectivity index (χ2v) is 3.61. The standard InChI is InChI=1S/C12H20O4/c1-5-15-11(13)10(8-7-9(3)4)12(14)16-6-2/h7-10H,5-6H2,1-4H3/b8-7+. The van der Waals surface area contributed by atoms with Crippen LogP contribution < -0.4 is 0 Å². The maximum atomic E-state index is 11.5. The highest BCUT2D eigenvalue weighted by molar-refractivity contribution is 5.96. The minimum atomic E-state index is -0.942. The molecule has 0 atom stereocenters. The van der Waals surface area contributed by atoms with Gasteiger partial charge < -0.3 is 9.47 Å². The first-order valence-corrected chi connectivity index (χ1v) is 5.54. The van der Waals surface area contributed by atoms with Crippen molar-refractivity contribution in [2.75, 3.05) is 13.2 Å². The number of rotatable bonds is 6. The zero-order valence-electron chi connectivity index (χ0n) is 10.4. The van der Waals surface area contributed by atoms with Crippen LogP contribution in [0.3, 0.4) is 0 Å². The predicted molar refractivity (Wildman–Crippen MR) is 60.7 cm³/mol. The Morgan fingerprint density at radius 2 is 1.44 bits per heavy atom. The van der Waals surface area contributed by atoms with Gasteiger partial charge >= 0.3 is 11.9 Å². The Kier molecular flexibility index (Phi) is 7.25. The number of ether oxygens (including phenoxy) is 2. The van der Waals surface area contributed by atoms with Gasteiger partial charge in [-0.1, -0.05) is 26.0 Å². The molecule has 0 N–H and O–H groups in total. The molecule has 4 nitrogen and oxygen atoms in total. The van der Waals surface area contributed by atoms with Crippen LogP contribution in [0.5, 0.6) is 0 Å². The molecular formula is C12H20O4. The van der Waals surface area contributed by atoms with Crippen LogP contribution in [0.1, 0.15) is 27.7 Å². The van der Waals surface area contributed by atoms with Crippen LogP contribution in [-0.4, -0.2) is 25.2 Å². The van der Waals surface area contributed by atoms with E-state index in [1.54, 1.807) is 26.0 Å². The van der Waals surface area contributed by atoms with Gasteiger partial charge in [0.2, 0.25) is 0 Å². The lowest BCUT2D eigenvalue weighted by molar-refractivity contribution is -0.158. The molecule has 0 bridgehead atoms. The minimum absolute atomic E-state index is 0.254. The molecule has 0 saturated carbocycles. The molecule has 0 heterocycles. The van der Waals surface area contributed by atoms with Crippen LogP contribution in [0.2, 0.25) is 0 Å². The summed E-state index contributed by atoms with van der Waals surface area (Å²) in [5, 5.41) is 0. The van der Waals surface area contributed by atoms with Gasteiger partial charge in [0.05, 0.1) is 13.2 Å². The molecule has 0 aliphatic carbocycles. The highest BCUT2D eigenvalue weighted by Crippen LogP contribution is 2.08. The topological polar surface area (TPSA) is 52.6 Å². The Morgan fingerprint density at radius 3 is 1.75 bits per heavy atom. The molecule has 0 spiro atoms. The maximum absolute atomic E-state index is 11.5. The summed E-state index contributed by atoms with van der Waals surface area (Å²) in [6.07, 6.45) is 3.33. The van der Waals surface area contributed by atoms with Crippen molar-refractivity contribution in [2.24, 2.45) is 11.8 Å². The van der Waals surface area contributed by atoms with Crippen molar-refractivity contribution in [1.82, 2.24) is 0 Å². The minimum Gasteiger partial charge on any atom is -0.465 e. The van der Waals surface area contributed by atoms with Gasteiger partial charge in [-0.2, -0.15) is 0 Å². The van der Waals surface area contributed by atoms with E-state index in [0.717, 1.165) is 0 Å². The van der Waals surface area contributed by atoms with Crippen molar-refractivity contribution in [2.45, 2.75) is 27.7 Å². The highest BCUT2D eigenvalue weighted by atomic mass is 16.6. The van der Waals surface area contributed by atoms with E-state index in [-0.39, 0.29) is 19.1 Å². The van der Waals surface area contributed by atoms with E-state index < -0.39 is 17.9 Å². The Labute approximate surface area is 96.6 Å². The lowest BCUT2D eigenvalue weighted by Crippen LogP contribution is -2.26. The van der Waals surface area contributed by atoms with Crippen molar-refractivity contribution in [3.8, 4) is 0 Å². The molecule has 0 aliphatic heterocycles. The number of hydrogen-bond acceptors (Lipinski definition) is 4. The molecule has 16 heavy (non-hydrogen) atoms. The molecule has 0 rings (SSSR count). The predicted octanol–water partition coefficient (Wildman–Crippen LogP) is 1.94. The molecule has 92 valence electrons. The number of carbonyl (C=O) groups is 2. The maximum Gasteiger partial charge on any atom is 0.324 e. The Balaban J connectivity index is 4.62. The van der Waals surface area contributed by atoms with Crippen LogP contribution in [0.4, 0.5) is 0 Å². The van der Waals surface area contributed by atoms with Gasteiger partial charge in [0.1, 0.15) is 0 Å². The van der Waals surface area contributed by atoms with Crippen LogP contribution in [-0.2, 0) is 19.1 Å². The Morgan fingerprint density at radius 1 is 1.00 bits per heavy atom. The summed E-state index contributed by atoms with van der Waals surface area (Å²) < 4.78 is 9.63. The zero-order chi connectivity index (χ0) is 12.6. The largest absolute Gasteiger partial charge is 0.465 e. The molecule has 4 heteroatoms. The zero-order valence-corrected chi connectivity index (χ0v) is 10.4. The number of allylic oxidation sites excluding steroid dienone is 1. The third-order valence-electron chi connectivity index (χ3n) is 1.77. The average molecular weight is 228 g/mol. The summed E-state index contributed by atoms with van der Waals surface area (Å²) in [6.45, 7) is 7.83. The van der Waals surface area contributed by atoms with Crippen LogP contribution in [0.15, 0.2) is 12.2 Å². The number of esters is 2. The third kappa shape index (κ3) is 5.53. The smallest absolute Gasteiger partial charge is 0.324 e. The van der Waals surface area contributed by atoms with Gasteiger partial charge in [-0.15, -0.1) is 0 Å². The van der Waals surface area contributed by atoms with Crippen molar-refractivity contribution in [3.63, 3.8) is 0 Å². The van der Waals surface area contributed by atoms with Gasteiger partial charge in [0.15, 0.2) is 5.92 Å². The summed E-state index contributed by atoms with van der Waals surface area (Å²) in [5.74, 6) is -1.79. The summed E-state index contributed by atoms with van der Waals surface area (Å²) in [4.78, 5) is 23.0. The summed E-state index contributed by atoms with van der Waals surface area (Å²) in [7, 11) is 0. The van der Waals surface area contributed by atoms with Gasteiger partial charge in [0.25, 0.3) is 0 Å². The molecular weight excluding hydrogens is 208 g/mol. The number of hydrogen-bond donors (Lipinski definition) is 0. The van der Waals surface area contributed by atoms with Gasteiger partial charge in [0, 0.05) is 0 Å². The van der Waals surface area contributed by atoms with E-state index in [4.69, 9.17) is 9.47 Å². The molecule has 0 aromatic rings. The summed E-state index contributed by atoms with van der Waals surface area (Å²) in [6, 6.07) is 0.